The van der Waals surface area contributed by atoms with Crippen molar-refractivity contribution >= 4 is 23.3 Å². The number of amides is 1. The fourth-order valence-electron chi connectivity index (χ4n) is 2.27. The number of anilines is 1. The first-order chi connectivity index (χ1) is 14.0. The van der Waals surface area contributed by atoms with E-state index in [0.717, 1.165) is 11.6 Å². The highest BCUT2D eigenvalue weighted by molar-refractivity contribution is 5.95. The molecule has 0 spiro atoms. The van der Waals surface area contributed by atoms with Crippen molar-refractivity contribution in [1.82, 2.24) is 0 Å². The zero-order valence-electron chi connectivity index (χ0n) is 15.9. The first kappa shape index (κ1) is 22.7. The summed E-state index contributed by atoms with van der Waals surface area (Å²) >= 11 is 0. The van der Waals surface area contributed by atoms with E-state index < -0.39 is 52.6 Å². The predicted molar refractivity (Wildman–Crippen MR) is 99.0 cm³/mol. The smallest absolute Gasteiger partial charge is 0.416 e. The first-order valence-electron chi connectivity index (χ1n) is 8.53. The Bertz CT molecular complexity index is 944. The highest BCUT2D eigenvalue weighted by atomic mass is 19.4. The van der Waals surface area contributed by atoms with Gasteiger partial charge in [0.1, 0.15) is 11.4 Å². The Labute approximate surface area is 168 Å². The number of benzene rings is 2. The third kappa shape index (κ3) is 6.19. The molecular weight excluding hydrogens is 409 g/mol. The number of esters is 1. The van der Waals surface area contributed by atoms with Crippen LogP contribution >= 0.6 is 0 Å². The molecule has 0 aromatic heterocycles. The van der Waals surface area contributed by atoms with Crippen LogP contribution in [0.15, 0.2) is 42.5 Å². The molecule has 0 aliphatic heterocycles. The highest BCUT2D eigenvalue weighted by Gasteiger charge is 2.33. The van der Waals surface area contributed by atoms with Gasteiger partial charge in [-0.15, -0.1) is 0 Å². The number of carbonyl (C=O) groups is 2. The van der Waals surface area contributed by atoms with Crippen LogP contribution in [0, 0.1) is 17.0 Å². The number of nitro groups is 1. The average molecular weight is 426 g/mol. The van der Waals surface area contributed by atoms with E-state index in [1.807, 2.05) is 6.92 Å². The topological polar surface area (TPSA) is 108 Å². The Balaban J connectivity index is 1.96. The minimum atomic E-state index is -4.78. The highest BCUT2D eigenvalue weighted by Crippen LogP contribution is 2.34. The molecular formula is C19H17F3N2O6. The standard InChI is InChI=1S/C19H17F3N2O6/c1-11-3-6-14(7-4-11)30-12(2)18(26)29-10-17(25)23-15-8-5-13(19(20,21)22)9-16(15)24(27)28/h3-9,12H,10H2,1-2H3,(H,23,25). The second-order valence-corrected chi connectivity index (χ2v) is 6.22. The van der Waals surface area contributed by atoms with E-state index in [2.05, 4.69) is 5.32 Å². The molecule has 0 fully saturated rings. The van der Waals surface area contributed by atoms with E-state index >= 15 is 0 Å². The number of nitrogens with one attached hydrogen (secondary N) is 1. The summed E-state index contributed by atoms with van der Waals surface area (Å²) in [5.74, 6) is -1.42. The van der Waals surface area contributed by atoms with Crippen molar-refractivity contribution in [2.24, 2.45) is 0 Å². The lowest BCUT2D eigenvalue weighted by Gasteiger charge is -2.14. The monoisotopic (exact) mass is 426 g/mol. The molecule has 0 saturated carbocycles. The summed E-state index contributed by atoms with van der Waals surface area (Å²) in [6.45, 7) is 2.47. The summed E-state index contributed by atoms with van der Waals surface area (Å²) < 4.78 is 48.3. The third-order valence-electron chi connectivity index (χ3n) is 3.81. The Morgan fingerprint density at radius 2 is 1.80 bits per heavy atom. The number of carbonyl (C=O) groups excluding carboxylic acids is 2. The fraction of sp³-hybridized carbons (Fsp3) is 0.263. The second-order valence-electron chi connectivity index (χ2n) is 6.22. The summed E-state index contributed by atoms with van der Waals surface area (Å²) in [6, 6.07) is 8.50. The van der Waals surface area contributed by atoms with Crippen LogP contribution in [0.5, 0.6) is 5.75 Å². The number of nitrogens with zero attached hydrogens (tertiary/aromatic N) is 1. The van der Waals surface area contributed by atoms with E-state index in [4.69, 9.17) is 9.47 Å². The van der Waals surface area contributed by atoms with E-state index in [-0.39, 0.29) is 0 Å². The first-order valence-corrected chi connectivity index (χ1v) is 8.53. The van der Waals surface area contributed by atoms with Gasteiger partial charge in [0, 0.05) is 6.07 Å². The van der Waals surface area contributed by atoms with Crippen molar-refractivity contribution in [1.29, 1.82) is 0 Å². The van der Waals surface area contributed by atoms with Gasteiger partial charge in [-0.1, -0.05) is 17.7 Å². The van der Waals surface area contributed by atoms with Gasteiger partial charge in [-0.2, -0.15) is 13.2 Å². The lowest BCUT2D eigenvalue weighted by atomic mass is 10.1. The van der Waals surface area contributed by atoms with Crippen molar-refractivity contribution in [3.05, 3.63) is 63.7 Å². The Kier molecular flexibility index (Phi) is 6.98. The molecule has 2 rings (SSSR count). The van der Waals surface area contributed by atoms with Gasteiger partial charge < -0.3 is 14.8 Å². The van der Waals surface area contributed by atoms with Crippen molar-refractivity contribution in [2.45, 2.75) is 26.1 Å². The van der Waals surface area contributed by atoms with Crippen LogP contribution < -0.4 is 10.1 Å². The van der Waals surface area contributed by atoms with Crippen LogP contribution in [0.4, 0.5) is 24.5 Å². The van der Waals surface area contributed by atoms with Crippen LogP contribution in [0.25, 0.3) is 0 Å². The number of nitro benzene ring substituents is 1. The molecule has 30 heavy (non-hydrogen) atoms. The number of hydrogen-bond acceptors (Lipinski definition) is 6. The molecule has 0 radical (unpaired) electrons. The molecule has 0 bridgehead atoms. The molecule has 2 aromatic carbocycles. The molecule has 160 valence electrons. The van der Waals surface area contributed by atoms with E-state index in [0.29, 0.717) is 17.9 Å². The maximum atomic E-state index is 12.7. The van der Waals surface area contributed by atoms with E-state index in [1.165, 1.54) is 6.92 Å². The maximum Gasteiger partial charge on any atom is 0.416 e. The Hall–Kier alpha value is -3.63. The minimum Gasteiger partial charge on any atom is -0.479 e. The number of alkyl halides is 3. The minimum absolute atomic E-state index is 0.305. The molecule has 0 aliphatic carbocycles. The molecule has 11 heteroatoms. The van der Waals surface area contributed by atoms with Crippen molar-refractivity contribution < 1.29 is 37.2 Å². The van der Waals surface area contributed by atoms with Gasteiger partial charge in [0.2, 0.25) is 0 Å². The Morgan fingerprint density at radius 3 is 2.37 bits per heavy atom. The SMILES string of the molecule is Cc1ccc(OC(C)C(=O)OCC(=O)Nc2ccc(C(F)(F)F)cc2[N+](=O)[O-])cc1. The number of hydrogen-bond donors (Lipinski definition) is 1. The normalized spacial score (nSPS) is 12.0. The zero-order chi connectivity index (χ0) is 22.5. The van der Waals surface area contributed by atoms with Crippen molar-refractivity contribution in [3.8, 4) is 5.75 Å². The lowest BCUT2D eigenvalue weighted by Crippen LogP contribution is -2.29. The van der Waals surface area contributed by atoms with Crippen LogP contribution in [0.1, 0.15) is 18.1 Å². The van der Waals surface area contributed by atoms with Crippen LogP contribution in [-0.2, 0) is 20.5 Å². The third-order valence-corrected chi connectivity index (χ3v) is 3.81. The average Bonchev–Trinajstić information content (AvgIpc) is 2.67. The molecule has 1 unspecified atom stereocenters. The van der Waals surface area contributed by atoms with Crippen LogP contribution in [0.2, 0.25) is 0 Å². The number of rotatable bonds is 7. The molecule has 0 aliphatic rings. The summed E-state index contributed by atoms with van der Waals surface area (Å²) in [6.07, 6.45) is -5.82. The lowest BCUT2D eigenvalue weighted by molar-refractivity contribution is -0.384. The van der Waals surface area contributed by atoms with Crippen LogP contribution in [0.3, 0.4) is 0 Å². The van der Waals surface area contributed by atoms with Gasteiger partial charge in [-0.25, -0.2) is 4.79 Å². The van der Waals surface area contributed by atoms with Crippen molar-refractivity contribution in [2.75, 3.05) is 11.9 Å². The van der Waals surface area contributed by atoms with E-state index in [9.17, 15) is 32.9 Å². The molecule has 1 amide bonds. The maximum absolute atomic E-state index is 12.7. The second kappa shape index (κ2) is 9.25. The van der Waals surface area contributed by atoms with Gasteiger partial charge in [-0.3, -0.25) is 14.9 Å². The quantitative estimate of drug-likeness (QED) is 0.409. The summed E-state index contributed by atoms with van der Waals surface area (Å²) in [5.41, 5.74) is -1.65. The molecule has 1 N–H and O–H groups in total. The number of aryl methyl sites for hydroxylation is 1. The summed E-state index contributed by atoms with van der Waals surface area (Å²) in [4.78, 5) is 33.8. The number of halogens is 3. The molecule has 0 heterocycles. The summed E-state index contributed by atoms with van der Waals surface area (Å²) in [7, 11) is 0. The predicted octanol–water partition coefficient (Wildman–Crippen LogP) is 3.87. The zero-order valence-corrected chi connectivity index (χ0v) is 15.9. The van der Waals surface area contributed by atoms with Gasteiger partial charge in [0.15, 0.2) is 12.7 Å². The van der Waals surface area contributed by atoms with Crippen LogP contribution in [-0.4, -0.2) is 29.5 Å². The van der Waals surface area contributed by atoms with Gasteiger partial charge >= 0.3 is 12.1 Å². The van der Waals surface area contributed by atoms with Gasteiger partial charge in [0.05, 0.1) is 10.5 Å². The summed E-state index contributed by atoms with van der Waals surface area (Å²) in [5, 5.41) is 13.1. The number of ether oxygens (including phenoxy) is 2. The molecule has 8 nitrogen and oxygen atoms in total. The van der Waals surface area contributed by atoms with Crippen molar-refractivity contribution in [3.63, 3.8) is 0 Å². The molecule has 1 atom stereocenters. The fourth-order valence-corrected chi connectivity index (χ4v) is 2.27. The Morgan fingerprint density at radius 1 is 1.17 bits per heavy atom. The molecule has 0 saturated heterocycles. The molecule has 2 aromatic rings. The van der Waals surface area contributed by atoms with Gasteiger partial charge in [-0.05, 0) is 38.1 Å². The largest absolute Gasteiger partial charge is 0.479 e. The van der Waals surface area contributed by atoms with E-state index in [1.54, 1.807) is 24.3 Å². The van der Waals surface area contributed by atoms with Gasteiger partial charge in [0.25, 0.3) is 11.6 Å².